The molecule has 1 saturated heterocycles. The predicted molar refractivity (Wildman–Crippen MR) is 101 cm³/mol. The molecule has 7 heteroatoms. The standard InChI is InChI=1S/C19H25N3O3S/c1-2-25-19(24)12-6-5-9-22(10-12)11-15-20-17(23)16-13-7-3-4-8-14(13)26-18(16)21-15/h12H,2-11H2,1H3,(H,20,21,23)/p+1/t12-/m1/s1. The maximum atomic E-state index is 12.7. The molecular weight excluding hydrogens is 350 g/mol. The van der Waals surface area contributed by atoms with Gasteiger partial charge in [-0.1, -0.05) is 0 Å². The molecule has 1 aliphatic carbocycles. The Hall–Kier alpha value is -1.73. The number of thiophene rings is 1. The number of nitrogens with zero attached hydrogens (tertiary/aromatic N) is 1. The number of likely N-dealkylation sites (tertiary alicyclic amines) is 1. The lowest BCUT2D eigenvalue weighted by atomic mass is 9.97. The molecule has 0 amide bonds. The Balaban J connectivity index is 1.54. The van der Waals surface area contributed by atoms with Gasteiger partial charge in [0.1, 0.15) is 17.3 Å². The van der Waals surface area contributed by atoms with Gasteiger partial charge in [0.15, 0.2) is 5.82 Å². The van der Waals surface area contributed by atoms with Crippen molar-refractivity contribution in [3.63, 3.8) is 0 Å². The molecule has 4 rings (SSSR count). The first kappa shape index (κ1) is 17.7. The van der Waals surface area contributed by atoms with E-state index in [4.69, 9.17) is 9.72 Å². The number of quaternary nitrogens is 1. The largest absolute Gasteiger partial charge is 0.466 e. The number of aromatic amines is 1. The number of H-pyrrole nitrogens is 1. The number of ether oxygens (including phenoxy) is 1. The van der Waals surface area contributed by atoms with Crippen molar-refractivity contribution in [1.29, 1.82) is 0 Å². The number of esters is 1. The topological polar surface area (TPSA) is 76.5 Å². The van der Waals surface area contributed by atoms with Crippen LogP contribution in [0.25, 0.3) is 10.2 Å². The first-order chi connectivity index (χ1) is 12.7. The first-order valence-corrected chi connectivity index (χ1v) is 10.5. The number of rotatable bonds is 4. The number of carbonyl (C=O) groups excluding carboxylic acids is 1. The van der Waals surface area contributed by atoms with Crippen LogP contribution < -0.4 is 10.5 Å². The summed E-state index contributed by atoms with van der Waals surface area (Å²) in [5, 5.41) is 0.812. The Morgan fingerprint density at radius 2 is 2.19 bits per heavy atom. The fourth-order valence-corrected chi connectivity index (χ4v) is 5.58. The molecule has 2 N–H and O–H groups in total. The molecule has 2 aromatic rings. The van der Waals surface area contributed by atoms with Crippen LogP contribution in [0.5, 0.6) is 0 Å². The summed E-state index contributed by atoms with van der Waals surface area (Å²) in [4.78, 5) is 36.0. The number of hydrogen-bond acceptors (Lipinski definition) is 5. The van der Waals surface area contributed by atoms with Crippen LogP contribution in [0.2, 0.25) is 0 Å². The predicted octanol–water partition coefficient (Wildman–Crippen LogP) is 1.22. The van der Waals surface area contributed by atoms with Crippen LogP contribution in [0.1, 0.15) is 48.9 Å². The highest BCUT2D eigenvalue weighted by atomic mass is 32.1. The lowest BCUT2D eigenvalue weighted by molar-refractivity contribution is -0.921. The van der Waals surface area contributed by atoms with Gasteiger partial charge in [0, 0.05) is 4.88 Å². The van der Waals surface area contributed by atoms with Crippen LogP contribution in [-0.2, 0) is 28.9 Å². The molecule has 2 aromatic heterocycles. The lowest BCUT2D eigenvalue weighted by Crippen LogP contribution is -3.12. The van der Waals surface area contributed by atoms with E-state index in [9.17, 15) is 9.59 Å². The molecule has 1 fully saturated rings. The summed E-state index contributed by atoms with van der Waals surface area (Å²) in [6, 6.07) is 0. The number of fused-ring (bicyclic) bond motifs is 3. The van der Waals surface area contributed by atoms with Crippen molar-refractivity contribution in [2.24, 2.45) is 5.92 Å². The second-order valence-corrected chi connectivity index (χ2v) is 8.46. The Kier molecular flexibility index (Phi) is 5.09. The average molecular weight is 377 g/mol. The van der Waals surface area contributed by atoms with E-state index in [1.54, 1.807) is 11.3 Å². The van der Waals surface area contributed by atoms with Gasteiger partial charge in [0.05, 0.1) is 25.1 Å². The zero-order valence-electron chi connectivity index (χ0n) is 15.2. The zero-order valence-corrected chi connectivity index (χ0v) is 16.0. The molecule has 3 heterocycles. The van der Waals surface area contributed by atoms with Crippen LogP contribution >= 0.6 is 11.3 Å². The van der Waals surface area contributed by atoms with Crippen molar-refractivity contribution in [3.05, 3.63) is 26.6 Å². The van der Waals surface area contributed by atoms with Crippen molar-refractivity contribution in [1.82, 2.24) is 9.97 Å². The number of aromatic nitrogens is 2. The molecule has 2 aliphatic rings. The molecule has 0 spiro atoms. The van der Waals surface area contributed by atoms with Gasteiger partial charge in [-0.05, 0) is 51.0 Å². The highest BCUT2D eigenvalue weighted by molar-refractivity contribution is 7.18. The molecule has 0 aromatic carbocycles. The van der Waals surface area contributed by atoms with Crippen molar-refractivity contribution < 1.29 is 14.4 Å². The van der Waals surface area contributed by atoms with Crippen LogP contribution in [0.15, 0.2) is 4.79 Å². The molecule has 0 bridgehead atoms. The van der Waals surface area contributed by atoms with Crippen LogP contribution in [0.3, 0.4) is 0 Å². The van der Waals surface area contributed by atoms with Crippen molar-refractivity contribution >= 4 is 27.5 Å². The first-order valence-electron chi connectivity index (χ1n) is 9.69. The molecule has 6 nitrogen and oxygen atoms in total. The highest BCUT2D eigenvalue weighted by Gasteiger charge is 2.30. The number of hydrogen-bond donors (Lipinski definition) is 2. The van der Waals surface area contributed by atoms with Gasteiger partial charge in [-0.2, -0.15) is 0 Å². The summed E-state index contributed by atoms with van der Waals surface area (Å²) >= 11 is 1.69. The summed E-state index contributed by atoms with van der Waals surface area (Å²) in [6.45, 7) is 4.68. The lowest BCUT2D eigenvalue weighted by Gasteiger charge is -2.28. The second kappa shape index (κ2) is 7.48. The molecule has 0 radical (unpaired) electrons. The Morgan fingerprint density at radius 1 is 1.35 bits per heavy atom. The summed E-state index contributed by atoms with van der Waals surface area (Å²) < 4.78 is 5.18. The zero-order chi connectivity index (χ0) is 18.1. The van der Waals surface area contributed by atoms with Gasteiger partial charge < -0.3 is 14.6 Å². The van der Waals surface area contributed by atoms with E-state index in [-0.39, 0.29) is 17.4 Å². The Morgan fingerprint density at radius 3 is 3.04 bits per heavy atom. The van der Waals surface area contributed by atoms with Gasteiger partial charge in [-0.3, -0.25) is 9.59 Å². The highest BCUT2D eigenvalue weighted by Crippen LogP contribution is 2.33. The third-order valence-electron chi connectivity index (χ3n) is 5.53. The molecule has 1 unspecified atom stereocenters. The van der Waals surface area contributed by atoms with E-state index >= 15 is 0 Å². The fraction of sp³-hybridized carbons (Fsp3) is 0.632. The van der Waals surface area contributed by atoms with Crippen LogP contribution in [0, 0.1) is 5.92 Å². The van der Waals surface area contributed by atoms with E-state index in [0.717, 1.165) is 61.2 Å². The molecule has 140 valence electrons. The SMILES string of the molecule is CCOC(=O)[C@@H]1CCC[NH+](Cc2nc3sc4c(c3c(=O)[nH]2)CCCC4)C1. The van der Waals surface area contributed by atoms with E-state index in [1.807, 2.05) is 6.92 Å². The number of carbonyl (C=O) groups is 1. The van der Waals surface area contributed by atoms with Crippen molar-refractivity contribution in [3.8, 4) is 0 Å². The van der Waals surface area contributed by atoms with E-state index < -0.39 is 0 Å². The van der Waals surface area contributed by atoms with Crippen molar-refractivity contribution in [2.45, 2.75) is 52.0 Å². The second-order valence-electron chi connectivity index (χ2n) is 7.38. The molecule has 1 aliphatic heterocycles. The summed E-state index contributed by atoms with van der Waals surface area (Å²) in [5.74, 6) is 0.608. The van der Waals surface area contributed by atoms with Gasteiger partial charge in [0.2, 0.25) is 0 Å². The monoisotopic (exact) mass is 376 g/mol. The smallest absolute Gasteiger partial charge is 0.314 e. The third kappa shape index (κ3) is 3.42. The number of piperidine rings is 1. The minimum atomic E-state index is -0.0902. The summed E-state index contributed by atoms with van der Waals surface area (Å²) in [7, 11) is 0. The van der Waals surface area contributed by atoms with Crippen LogP contribution in [0.4, 0.5) is 0 Å². The van der Waals surface area contributed by atoms with Gasteiger partial charge >= 0.3 is 5.97 Å². The van der Waals surface area contributed by atoms with Crippen molar-refractivity contribution in [2.75, 3.05) is 19.7 Å². The number of aryl methyl sites for hydroxylation is 2. The molecular formula is C19H26N3O3S+. The molecule has 2 atom stereocenters. The van der Waals surface area contributed by atoms with Gasteiger partial charge in [-0.15, -0.1) is 11.3 Å². The summed E-state index contributed by atoms with van der Waals surface area (Å²) in [5.41, 5.74) is 1.23. The van der Waals surface area contributed by atoms with Crippen LogP contribution in [-0.4, -0.2) is 35.6 Å². The minimum absolute atomic E-state index is 0.00255. The van der Waals surface area contributed by atoms with E-state index in [0.29, 0.717) is 13.2 Å². The normalized spacial score (nSPS) is 23.0. The fourth-order valence-electron chi connectivity index (χ4n) is 4.30. The van der Waals surface area contributed by atoms with E-state index in [2.05, 4.69) is 4.98 Å². The van der Waals surface area contributed by atoms with Gasteiger partial charge in [0.25, 0.3) is 5.56 Å². The van der Waals surface area contributed by atoms with E-state index in [1.165, 1.54) is 21.8 Å². The maximum Gasteiger partial charge on any atom is 0.314 e. The maximum absolute atomic E-state index is 12.7. The molecule has 26 heavy (non-hydrogen) atoms. The molecule has 0 saturated carbocycles. The Bertz CT molecular complexity index is 873. The number of nitrogens with one attached hydrogen (secondary N) is 2. The Labute approximate surface area is 156 Å². The average Bonchev–Trinajstić information content (AvgIpc) is 3.01. The summed E-state index contributed by atoms with van der Waals surface area (Å²) in [6.07, 6.45) is 6.33. The minimum Gasteiger partial charge on any atom is -0.466 e. The quantitative estimate of drug-likeness (QED) is 0.787. The third-order valence-corrected chi connectivity index (χ3v) is 6.72. The van der Waals surface area contributed by atoms with Gasteiger partial charge in [-0.25, -0.2) is 4.98 Å².